The molecule has 0 bridgehead atoms. The van der Waals surface area contributed by atoms with E-state index in [1.54, 1.807) is 11.3 Å². The molecule has 2 aliphatic heterocycles. The van der Waals surface area contributed by atoms with Crippen molar-refractivity contribution in [2.24, 2.45) is 0 Å². The van der Waals surface area contributed by atoms with Crippen molar-refractivity contribution in [2.75, 3.05) is 13.2 Å². The Hall–Kier alpha value is -1.32. The molecule has 1 fully saturated rings. The lowest BCUT2D eigenvalue weighted by atomic mass is 9.89. The second kappa shape index (κ2) is 4.34. The quantitative estimate of drug-likeness (QED) is 0.797. The smallest absolute Gasteiger partial charge is 0.113 e. The summed E-state index contributed by atoms with van der Waals surface area (Å²) in [4.78, 5) is 2.63. The summed E-state index contributed by atoms with van der Waals surface area (Å²) in [5, 5.41) is 1.51. The van der Waals surface area contributed by atoms with Gasteiger partial charge in [0, 0.05) is 36.1 Å². The number of ether oxygens (including phenoxy) is 1. The van der Waals surface area contributed by atoms with E-state index in [4.69, 9.17) is 4.74 Å². The molecule has 3 heteroatoms. The maximum atomic E-state index is 5.79. The van der Waals surface area contributed by atoms with Crippen molar-refractivity contribution in [2.45, 2.75) is 51.4 Å². The summed E-state index contributed by atoms with van der Waals surface area (Å²) >= 11 is 0. The molecule has 1 aromatic carbocycles. The van der Waals surface area contributed by atoms with E-state index in [1.165, 1.54) is 42.1 Å². The van der Waals surface area contributed by atoms with Crippen molar-refractivity contribution in [1.82, 2.24) is 9.47 Å². The Morgan fingerprint density at radius 1 is 1.19 bits per heavy atom. The van der Waals surface area contributed by atoms with Crippen LogP contribution in [0.2, 0.25) is 0 Å². The number of benzene rings is 1. The van der Waals surface area contributed by atoms with Gasteiger partial charge in [0.1, 0.15) is 6.23 Å². The summed E-state index contributed by atoms with van der Waals surface area (Å²) in [6, 6.07) is 7.56. The Bertz CT molecular complexity index is 714. The van der Waals surface area contributed by atoms with Crippen molar-refractivity contribution in [1.29, 1.82) is 0 Å². The van der Waals surface area contributed by atoms with Crippen molar-refractivity contribution >= 4 is 10.9 Å². The Kier molecular flexibility index (Phi) is 2.53. The predicted molar refractivity (Wildman–Crippen MR) is 83.4 cm³/mol. The number of nitrogens with zero attached hydrogens (tertiary/aromatic N) is 2. The molecule has 1 aromatic heterocycles. The van der Waals surface area contributed by atoms with Gasteiger partial charge >= 0.3 is 0 Å². The van der Waals surface area contributed by atoms with Gasteiger partial charge in [0.25, 0.3) is 0 Å². The zero-order valence-corrected chi connectivity index (χ0v) is 12.6. The average Bonchev–Trinajstić information content (AvgIpc) is 2.75. The van der Waals surface area contributed by atoms with Gasteiger partial charge in [-0.05, 0) is 43.9 Å². The molecular formula is C18H22N2O. The van der Waals surface area contributed by atoms with Gasteiger partial charge in [-0.25, -0.2) is 0 Å². The van der Waals surface area contributed by atoms with Crippen LogP contribution in [0.4, 0.5) is 0 Å². The minimum Gasteiger partial charge on any atom is -0.363 e. The molecule has 110 valence electrons. The van der Waals surface area contributed by atoms with Crippen LogP contribution in [0.5, 0.6) is 0 Å². The van der Waals surface area contributed by atoms with Gasteiger partial charge in [-0.1, -0.05) is 11.6 Å². The molecule has 3 heterocycles. The first kappa shape index (κ1) is 12.2. The third-order valence-corrected chi connectivity index (χ3v) is 5.62. The van der Waals surface area contributed by atoms with E-state index in [9.17, 15) is 0 Å². The van der Waals surface area contributed by atoms with E-state index in [0.717, 1.165) is 19.7 Å². The Morgan fingerprint density at radius 3 is 2.90 bits per heavy atom. The highest BCUT2D eigenvalue weighted by molar-refractivity contribution is 5.87. The van der Waals surface area contributed by atoms with Crippen LogP contribution in [-0.2, 0) is 17.7 Å². The SMILES string of the molecule is Cc1ccc2c(c1)c1c3n2CCN([C@H]2CCO2)[C@H]3CCC1. The summed E-state index contributed by atoms with van der Waals surface area (Å²) < 4.78 is 8.39. The Morgan fingerprint density at radius 2 is 2.10 bits per heavy atom. The summed E-state index contributed by atoms with van der Waals surface area (Å²) in [5.74, 6) is 0. The lowest BCUT2D eigenvalue weighted by Crippen LogP contribution is -2.51. The zero-order valence-electron chi connectivity index (χ0n) is 12.6. The van der Waals surface area contributed by atoms with Crippen LogP contribution in [0, 0.1) is 6.92 Å². The average molecular weight is 282 g/mol. The molecule has 0 N–H and O–H groups in total. The number of fused-ring (bicyclic) bond motifs is 3. The Balaban J connectivity index is 1.71. The summed E-state index contributed by atoms with van der Waals surface area (Å²) in [6.45, 7) is 5.41. The maximum absolute atomic E-state index is 5.79. The van der Waals surface area contributed by atoms with Crippen LogP contribution in [-0.4, -0.2) is 28.8 Å². The molecule has 5 rings (SSSR count). The van der Waals surface area contributed by atoms with Crippen LogP contribution in [0.3, 0.4) is 0 Å². The van der Waals surface area contributed by atoms with E-state index in [1.807, 2.05) is 0 Å². The molecule has 2 atom stereocenters. The molecule has 2 aromatic rings. The Labute approximate surface area is 125 Å². The number of rotatable bonds is 1. The molecule has 0 saturated carbocycles. The van der Waals surface area contributed by atoms with E-state index in [2.05, 4.69) is 34.6 Å². The lowest BCUT2D eigenvalue weighted by Gasteiger charge is -2.46. The van der Waals surface area contributed by atoms with E-state index in [-0.39, 0.29) is 0 Å². The number of hydrogen-bond donors (Lipinski definition) is 0. The summed E-state index contributed by atoms with van der Waals surface area (Å²) in [6.07, 6.45) is 5.45. The monoisotopic (exact) mass is 282 g/mol. The van der Waals surface area contributed by atoms with Crippen LogP contribution < -0.4 is 0 Å². The topological polar surface area (TPSA) is 17.4 Å². The minimum absolute atomic E-state index is 0.384. The van der Waals surface area contributed by atoms with Gasteiger partial charge in [0.05, 0.1) is 12.6 Å². The van der Waals surface area contributed by atoms with Crippen LogP contribution in [0.25, 0.3) is 10.9 Å². The second-order valence-electron chi connectivity index (χ2n) is 6.80. The van der Waals surface area contributed by atoms with Crippen molar-refractivity contribution in [3.8, 4) is 0 Å². The maximum Gasteiger partial charge on any atom is 0.113 e. The largest absolute Gasteiger partial charge is 0.363 e. The van der Waals surface area contributed by atoms with Gasteiger partial charge in [-0.2, -0.15) is 0 Å². The molecule has 0 unspecified atom stereocenters. The molecule has 1 aliphatic carbocycles. The van der Waals surface area contributed by atoms with E-state index in [0.29, 0.717) is 12.3 Å². The zero-order chi connectivity index (χ0) is 14.0. The van der Waals surface area contributed by atoms with Crippen molar-refractivity contribution < 1.29 is 4.74 Å². The van der Waals surface area contributed by atoms with Crippen molar-refractivity contribution in [3.05, 3.63) is 35.0 Å². The van der Waals surface area contributed by atoms with E-state index >= 15 is 0 Å². The molecule has 0 radical (unpaired) electrons. The highest BCUT2D eigenvalue weighted by Gasteiger charge is 2.39. The fraction of sp³-hybridized carbons (Fsp3) is 0.556. The first-order valence-corrected chi connectivity index (χ1v) is 8.32. The van der Waals surface area contributed by atoms with Gasteiger partial charge in [0.2, 0.25) is 0 Å². The third kappa shape index (κ3) is 1.62. The number of aryl methyl sites for hydroxylation is 2. The molecular weight excluding hydrogens is 260 g/mol. The number of aromatic nitrogens is 1. The highest BCUT2D eigenvalue weighted by atomic mass is 16.5. The van der Waals surface area contributed by atoms with E-state index < -0.39 is 0 Å². The molecule has 0 spiro atoms. The first-order chi connectivity index (χ1) is 10.3. The molecule has 1 saturated heterocycles. The second-order valence-corrected chi connectivity index (χ2v) is 6.80. The summed E-state index contributed by atoms with van der Waals surface area (Å²) in [5.41, 5.74) is 6.05. The fourth-order valence-electron chi connectivity index (χ4n) is 4.57. The standard InChI is InChI=1S/C18H22N2O/c1-12-5-6-15-14(11-12)13-3-2-4-16-18(13)20(15)9-8-19(16)17-7-10-21-17/h5-6,11,16-17H,2-4,7-10H2,1H3/t16-,17+/m0/s1. The van der Waals surface area contributed by atoms with Crippen LogP contribution >= 0.6 is 0 Å². The van der Waals surface area contributed by atoms with Gasteiger partial charge in [0.15, 0.2) is 0 Å². The normalized spacial score (nSPS) is 28.4. The van der Waals surface area contributed by atoms with Crippen LogP contribution in [0.15, 0.2) is 18.2 Å². The van der Waals surface area contributed by atoms with Gasteiger partial charge < -0.3 is 9.30 Å². The van der Waals surface area contributed by atoms with Crippen LogP contribution in [0.1, 0.15) is 42.1 Å². The predicted octanol–water partition coefficient (Wildman–Crippen LogP) is 3.39. The lowest BCUT2D eigenvalue weighted by molar-refractivity contribution is -0.166. The molecule has 3 aliphatic rings. The van der Waals surface area contributed by atoms with Crippen molar-refractivity contribution in [3.63, 3.8) is 0 Å². The van der Waals surface area contributed by atoms with Gasteiger partial charge in [-0.3, -0.25) is 4.90 Å². The summed E-state index contributed by atoms with van der Waals surface area (Å²) in [7, 11) is 0. The fourth-order valence-corrected chi connectivity index (χ4v) is 4.57. The highest BCUT2D eigenvalue weighted by Crippen LogP contribution is 2.44. The first-order valence-electron chi connectivity index (χ1n) is 8.32. The molecule has 0 amide bonds. The minimum atomic E-state index is 0.384. The molecule has 21 heavy (non-hydrogen) atoms. The molecule has 3 nitrogen and oxygen atoms in total. The third-order valence-electron chi connectivity index (χ3n) is 5.62. The number of hydrogen-bond acceptors (Lipinski definition) is 2. The van der Waals surface area contributed by atoms with Gasteiger partial charge in [-0.15, -0.1) is 0 Å².